The molecular weight excluding hydrogens is 326 g/mol. The zero-order valence-corrected chi connectivity index (χ0v) is 15.0. The van der Waals surface area contributed by atoms with Gasteiger partial charge in [-0.05, 0) is 45.0 Å². The molecule has 5 nitrogen and oxygen atoms in total. The number of nitrogens with zero attached hydrogens (tertiary/aromatic N) is 2. The summed E-state index contributed by atoms with van der Waals surface area (Å²) in [7, 11) is 0. The third kappa shape index (κ3) is 6.16. The first kappa shape index (κ1) is 19.4. The number of benzene rings is 1. The summed E-state index contributed by atoms with van der Waals surface area (Å²) in [5.74, 6) is -0.526. The van der Waals surface area contributed by atoms with Crippen molar-refractivity contribution in [3.63, 3.8) is 0 Å². The molecule has 1 fully saturated rings. The van der Waals surface area contributed by atoms with Crippen LogP contribution >= 0.6 is 0 Å². The van der Waals surface area contributed by atoms with Gasteiger partial charge < -0.3 is 15.4 Å². The van der Waals surface area contributed by atoms with Crippen LogP contribution in [0.1, 0.15) is 26.7 Å². The second-order valence-corrected chi connectivity index (χ2v) is 5.99. The van der Waals surface area contributed by atoms with Crippen molar-refractivity contribution in [1.29, 1.82) is 0 Å². The summed E-state index contributed by atoms with van der Waals surface area (Å²) in [5, 5.41) is 6.38. The summed E-state index contributed by atoms with van der Waals surface area (Å²) in [6, 6.07) is 3.79. The van der Waals surface area contributed by atoms with Crippen LogP contribution in [0.15, 0.2) is 23.2 Å². The molecule has 0 aliphatic carbocycles. The molecule has 0 bridgehead atoms. The Bertz CT molecular complexity index is 568. The minimum Gasteiger partial charge on any atom is -0.489 e. The molecule has 0 spiro atoms. The normalized spacial score (nSPS) is 18.4. The summed E-state index contributed by atoms with van der Waals surface area (Å²) in [5.41, 5.74) is 0. The number of guanidine groups is 1. The number of likely N-dealkylation sites (N-methyl/N-ethyl adjacent to an activating group) is 1. The molecule has 1 unspecified atom stereocenters. The highest BCUT2D eigenvalue weighted by Crippen LogP contribution is 2.17. The van der Waals surface area contributed by atoms with Gasteiger partial charge in [0, 0.05) is 18.7 Å². The van der Waals surface area contributed by atoms with Crippen molar-refractivity contribution in [3.8, 4) is 5.75 Å². The van der Waals surface area contributed by atoms with Gasteiger partial charge in [0.2, 0.25) is 0 Å². The van der Waals surface area contributed by atoms with E-state index in [-0.39, 0.29) is 12.4 Å². The number of hydrogen-bond donors (Lipinski definition) is 2. The molecule has 0 saturated carbocycles. The lowest BCUT2D eigenvalue weighted by molar-refractivity contribution is 0.272. The van der Waals surface area contributed by atoms with E-state index < -0.39 is 11.6 Å². The zero-order chi connectivity index (χ0) is 18.1. The largest absolute Gasteiger partial charge is 0.489 e. The van der Waals surface area contributed by atoms with E-state index in [9.17, 15) is 8.78 Å². The standard InChI is InChI=1S/C18H28F2N4O/c1-3-21-18(23-13-15-6-5-10-24(15)4-2)22-9-11-25-17-8-7-14(19)12-16(17)20/h7-8,12,15H,3-6,9-11,13H2,1-2H3,(H2,21,22,23). The second kappa shape index (κ2) is 10.2. The molecule has 1 heterocycles. The van der Waals surface area contributed by atoms with Gasteiger partial charge in [-0.25, -0.2) is 8.78 Å². The highest BCUT2D eigenvalue weighted by Gasteiger charge is 2.22. The average molecular weight is 354 g/mol. The summed E-state index contributed by atoms with van der Waals surface area (Å²) >= 11 is 0. The summed E-state index contributed by atoms with van der Waals surface area (Å²) in [6.45, 7) is 8.66. The number of rotatable bonds is 8. The molecule has 1 saturated heterocycles. The Balaban J connectivity index is 1.77. The van der Waals surface area contributed by atoms with E-state index in [1.807, 2.05) is 6.92 Å². The first-order valence-electron chi connectivity index (χ1n) is 8.98. The molecule has 0 radical (unpaired) electrons. The van der Waals surface area contributed by atoms with Crippen LogP contribution < -0.4 is 15.4 Å². The Morgan fingerprint density at radius 3 is 2.88 bits per heavy atom. The fourth-order valence-corrected chi connectivity index (χ4v) is 2.98. The molecule has 0 aromatic heterocycles. The number of halogens is 2. The molecule has 1 aromatic rings. The number of likely N-dealkylation sites (tertiary alicyclic amines) is 1. The Morgan fingerprint density at radius 2 is 2.16 bits per heavy atom. The summed E-state index contributed by atoms with van der Waals surface area (Å²) in [6.07, 6.45) is 2.42. The van der Waals surface area contributed by atoms with Crippen LogP contribution in [-0.2, 0) is 0 Å². The minimum absolute atomic E-state index is 0.0506. The van der Waals surface area contributed by atoms with Gasteiger partial charge in [-0.2, -0.15) is 0 Å². The highest BCUT2D eigenvalue weighted by molar-refractivity contribution is 5.79. The third-order valence-corrected chi connectivity index (χ3v) is 4.26. The smallest absolute Gasteiger partial charge is 0.191 e. The topological polar surface area (TPSA) is 48.9 Å². The molecule has 1 aliphatic rings. The van der Waals surface area contributed by atoms with E-state index in [0.717, 1.165) is 38.2 Å². The van der Waals surface area contributed by atoms with Crippen LogP contribution in [-0.4, -0.2) is 56.2 Å². The van der Waals surface area contributed by atoms with Gasteiger partial charge in [0.05, 0.1) is 13.1 Å². The van der Waals surface area contributed by atoms with Crippen molar-refractivity contribution in [3.05, 3.63) is 29.8 Å². The molecule has 1 aromatic carbocycles. The highest BCUT2D eigenvalue weighted by atomic mass is 19.1. The van der Waals surface area contributed by atoms with Crippen molar-refractivity contribution >= 4 is 5.96 Å². The van der Waals surface area contributed by atoms with E-state index in [4.69, 9.17) is 4.74 Å². The Morgan fingerprint density at radius 1 is 1.32 bits per heavy atom. The average Bonchev–Trinajstić information content (AvgIpc) is 3.05. The third-order valence-electron chi connectivity index (χ3n) is 4.26. The number of aliphatic imine (C=N–C) groups is 1. The fraction of sp³-hybridized carbons (Fsp3) is 0.611. The van der Waals surface area contributed by atoms with E-state index in [2.05, 4.69) is 27.4 Å². The van der Waals surface area contributed by atoms with Crippen molar-refractivity contribution < 1.29 is 13.5 Å². The van der Waals surface area contributed by atoms with Crippen molar-refractivity contribution in [2.45, 2.75) is 32.7 Å². The number of ether oxygens (including phenoxy) is 1. The zero-order valence-electron chi connectivity index (χ0n) is 15.0. The van der Waals surface area contributed by atoms with Crippen LogP contribution in [0.4, 0.5) is 8.78 Å². The van der Waals surface area contributed by atoms with Gasteiger partial charge in [0.25, 0.3) is 0 Å². The molecule has 25 heavy (non-hydrogen) atoms. The maximum atomic E-state index is 13.5. The molecule has 1 atom stereocenters. The Labute approximate surface area is 148 Å². The lowest BCUT2D eigenvalue weighted by atomic mass is 10.2. The van der Waals surface area contributed by atoms with Gasteiger partial charge in [-0.1, -0.05) is 6.92 Å². The molecule has 140 valence electrons. The van der Waals surface area contributed by atoms with Gasteiger partial charge >= 0.3 is 0 Å². The van der Waals surface area contributed by atoms with Crippen LogP contribution in [0.3, 0.4) is 0 Å². The van der Waals surface area contributed by atoms with Crippen LogP contribution in [0.25, 0.3) is 0 Å². The van der Waals surface area contributed by atoms with Crippen molar-refractivity contribution in [2.75, 3.05) is 39.3 Å². The Kier molecular flexibility index (Phi) is 7.91. The first-order valence-corrected chi connectivity index (χ1v) is 8.98. The maximum absolute atomic E-state index is 13.5. The predicted octanol–water partition coefficient (Wildman–Crippen LogP) is 2.38. The van der Waals surface area contributed by atoms with Gasteiger partial charge in [0.15, 0.2) is 17.5 Å². The summed E-state index contributed by atoms with van der Waals surface area (Å²) in [4.78, 5) is 7.09. The number of nitrogens with one attached hydrogen (secondary N) is 2. The van der Waals surface area contributed by atoms with Crippen molar-refractivity contribution in [2.24, 2.45) is 4.99 Å². The van der Waals surface area contributed by atoms with E-state index in [1.54, 1.807) is 0 Å². The van der Waals surface area contributed by atoms with E-state index >= 15 is 0 Å². The van der Waals surface area contributed by atoms with Gasteiger partial charge in [0.1, 0.15) is 12.4 Å². The molecule has 1 aliphatic heterocycles. The van der Waals surface area contributed by atoms with Crippen LogP contribution in [0, 0.1) is 11.6 Å². The number of hydrogen-bond acceptors (Lipinski definition) is 3. The lowest BCUT2D eigenvalue weighted by Gasteiger charge is -2.21. The molecule has 2 N–H and O–H groups in total. The SMILES string of the molecule is CCNC(=NCC1CCCN1CC)NCCOc1ccc(F)cc1F. The molecule has 7 heteroatoms. The molecule has 0 amide bonds. The van der Waals surface area contributed by atoms with Crippen LogP contribution in [0.2, 0.25) is 0 Å². The fourth-order valence-electron chi connectivity index (χ4n) is 2.98. The minimum atomic E-state index is -0.693. The second-order valence-electron chi connectivity index (χ2n) is 5.99. The monoisotopic (exact) mass is 354 g/mol. The molecule has 2 rings (SSSR count). The van der Waals surface area contributed by atoms with Crippen molar-refractivity contribution in [1.82, 2.24) is 15.5 Å². The Hall–Kier alpha value is -1.89. The quantitative estimate of drug-likeness (QED) is 0.428. The van der Waals surface area contributed by atoms with Crippen LogP contribution in [0.5, 0.6) is 5.75 Å². The summed E-state index contributed by atoms with van der Waals surface area (Å²) < 4.78 is 31.7. The first-order chi connectivity index (χ1) is 12.1. The van der Waals surface area contributed by atoms with Gasteiger partial charge in [-0.15, -0.1) is 0 Å². The molecular formula is C18H28F2N4O. The van der Waals surface area contributed by atoms with Gasteiger partial charge in [-0.3, -0.25) is 9.89 Å². The maximum Gasteiger partial charge on any atom is 0.191 e. The van der Waals surface area contributed by atoms with E-state index in [0.29, 0.717) is 12.6 Å². The lowest BCUT2D eigenvalue weighted by Crippen LogP contribution is -2.40. The van der Waals surface area contributed by atoms with E-state index in [1.165, 1.54) is 25.0 Å². The predicted molar refractivity (Wildman–Crippen MR) is 96.1 cm³/mol.